The lowest BCUT2D eigenvalue weighted by molar-refractivity contribution is -0.149. The summed E-state index contributed by atoms with van der Waals surface area (Å²) < 4.78 is 9.51. The number of rotatable bonds is 9. The van der Waals surface area contributed by atoms with Crippen LogP contribution in [0.25, 0.3) is 0 Å². The number of carbonyl (C=O) groups is 4. The first-order chi connectivity index (χ1) is 14.4. The SMILES string of the molecule is COC(=O)c1ccc(NC(=O)CCC(=O)OCC(=O)N[C@H](C)c2ccccc2)cc1. The van der Waals surface area contributed by atoms with E-state index in [2.05, 4.69) is 15.4 Å². The van der Waals surface area contributed by atoms with Crippen molar-refractivity contribution in [1.82, 2.24) is 5.32 Å². The second-order valence-electron chi connectivity index (χ2n) is 6.48. The van der Waals surface area contributed by atoms with Gasteiger partial charge in [0.15, 0.2) is 6.61 Å². The summed E-state index contributed by atoms with van der Waals surface area (Å²) in [5.74, 6) is -1.93. The highest BCUT2D eigenvalue weighted by atomic mass is 16.5. The van der Waals surface area contributed by atoms with Gasteiger partial charge in [-0.3, -0.25) is 14.4 Å². The summed E-state index contributed by atoms with van der Waals surface area (Å²) in [5, 5.41) is 5.35. The van der Waals surface area contributed by atoms with Crippen LogP contribution >= 0.6 is 0 Å². The van der Waals surface area contributed by atoms with Gasteiger partial charge < -0.3 is 20.1 Å². The standard InChI is InChI=1S/C22H24N2O6/c1-15(16-6-4-3-5-7-16)23-20(26)14-30-21(27)13-12-19(25)24-18-10-8-17(9-11-18)22(28)29-2/h3-11,15H,12-14H2,1-2H3,(H,23,26)(H,24,25)/t15-/m1/s1. The zero-order chi connectivity index (χ0) is 21.9. The zero-order valence-corrected chi connectivity index (χ0v) is 16.8. The second-order valence-corrected chi connectivity index (χ2v) is 6.48. The number of esters is 2. The van der Waals surface area contributed by atoms with Crippen molar-refractivity contribution in [3.63, 3.8) is 0 Å². The fraction of sp³-hybridized carbons (Fsp3) is 0.273. The Kier molecular flexibility index (Phi) is 8.56. The molecule has 0 aromatic heterocycles. The maximum absolute atomic E-state index is 11.9. The van der Waals surface area contributed by atoms with E-state index in [1.54, 1.807) is 12.1 Å². The Balaban J connectivity index is 1.68. The number of nitrogens with one attached hydrogen (secondary N) is 2. The highest BCUT2D eigenvalue weighted by molar-refractivity contribution is 5.94. The molecule has 2 rings (SSSR count). The highest BCUT2D eigenvalue weighted by Crippen LogP contribution is 2.12. The molecule has 0 aliphatic carbocycles. The molecule has 0 radical (unpaired) electrons. The molecule has 0 saturated carbocycles. The summed E-state index contributed by atoms with van der Waals surface area (Å²) in [5.41, 5.74) is 1.78. The molecule has 2 aromatic carbocycles. The first-order valence-electron chi connectivity index (χ1n) is 9.37. The van der Waals surface area contributed by atoms with E-state index in [1.165, 1.54) is 19.2 Å². The van der Waals surface area contributed by atoms with Crippen LogP contribution in [0.15, 0.2) is 54.6 Å². The van der Waals surface area contributed by atoms with E-state index < -0.39 is 24.5 Å². The van der Waals surface area contributed by atoms with Gasteiger partial charge in [0, 0.05) is 12.1 Å². The van der Waals surface area contributed by atoms with Crippen LogP contribution in [-0.4, -0.2) is 37.5 Å². The highest BCUT2D eigenvalue weighted by Gasteiger charge is 2.13. The summed E-state index contributed by atoms with van der Waals surface area (Å²) in [6.07, 6.45) is -0.257. The fourth-order valence-corrected chi connectivity index (χ4v) is 2.57. The van der Waals surface area contributed by atoms with Gasteiger partial charge in [0.2, 0.25) is 5.91 Å². The van der Waals surface area contributed by atoms with Gasteiger partial charge in [-0.1, -0.05) is 30.3 Å². The Hall–Kier alpha value is -3.68. The molecule has 8 nitrogen and oxygen atoms in total. The molecule has 1 atom stereocenters. The van der Waals surface area contributed by atoms with Crippen molar-refractivity contribution in [2.75, 3.05) is 19.0 Å². The summed E-state index contributed by atoms with van der Waals surface area (Å²) >= 11 is 0. The van der Waals surface area contributed by atoms with Gasteiger partial charge in [0.25, 0.3) is 5.91 Å². The topological polar surface area (TPSA) is 111 Å². The lowest BCUT2D eigenvalue weighted by atomic mass is 10.1. The molecular weight excluding hydrogens is 388 g/mol. The van der Waals surface area contributed by atoms with E-state index in [1.807, 2.05) is 37.3 Å². The van der Waals surface area contributed by atoms with Gasteiger partial charge in [-0.2, -0.15) is 0 Å². The lowest BCUT2D eigenvalue weighted by Crippen LogP contribution is -2.31. The number of ether oxygens (including phenoxy) is 2. The number of benzene rings is 2. The van der Waals surface area contributed by atoms with Crippen LogP contribution in [0.3, 0.4) is 0 Å². The molecule has 0 fully saturated rings. The van der Waals surface area contributed by atoms with Crippen LogP contribution in [-0.2, 0) is 23.9 Å². The van der Waals surface area contributed by atoms with Crippen molar-refractivity contribution in [3.8, 4) is 0 Å². The molecule has 8 heteroatoms. The Morgan fingerprint density at radius 2 is 1.57 bits per heavy atom. The Morgan fingerprint density at radius 3 is 2.20 bits per heavy atom. The molecule has 0 heterocycles. The Morgan fingerprint density at radius 1 is 0.900 bits per heavy atom. The monoisotopic (exact) mass is 412 g/mol. The minimum absolute atomic E-state index is 0.0976. The normalized spacial score (nSPS) is 11.1. The van der Waals surface area contributed by atoms with E-state index >= 15 is 0 Å². The molecule has 2 amide bonds. The van der Waals surface area contributed by atoms with Gasteiger partial charge in [-0.05, 0) is 36.8 Å². The summed E-state index contributed by atoms with van der Waals surface area (Å²) in [6, 6.07) is 15.3. The lowest BCUT2D eigenvalue weighted by Gasteiger charge is -2.14. The molecule has 158 valence electrons. The van der Waals surface area contributed by atoms with Crippen molar-refractivity contribution in [2.45, 2.75) is 25.8 Å². The van der Waals surface area contributed by atoms with E-state index in [0.717, 1.165) is 5.56 Å². The van der Waals surface area contributed by atoms with Gasteiger partial charge in [0.1, 0.15) is 0 Å². The van der Waals surface area contributed by atoms with Crippen molar-refractivity contribution in [3.05, 3.63) is 65.7 Å². The smallest absolute Gasteiger partial charge is 0.337 e. The van der Waals surface area contributed by atoms with E-state index in [9.17, 15) is 19.2 Å². The molecule has 2 N–H and O–H groups in total. The third-order valence-corrected chi connectivity index (χ3v) is 4.19. The molecular formula is C22H24N2O6. The Bertz CT molecular complexity index is 880. The fourth-order valence-electron chi connectivity index (χ4n) is 2.57. The average molecular weight is 412 g/mol. The van der Waals surface area contributed by atoms with Crippen molar-refractivity contribution >= 4 is 29.4 Å². The van der Waals surface area contributed by atoms with Gasteiger partial charge in [0.05, 0.1) is 25.1 Å². The first kappa shape index (κ1) is 22.6. The minimum Gasteiger partial charge on any atom is -0.465 e. The number of carbonyl (C=O) groups excluding carboxylic acids is 4. The average Bonchev–Trinajstić information content (AvgIpc) is 2.76. The van der Waals surface area contributed by atoms with Gasteiger partial charge in [-0.25, -0.2) is 4.79 Å². The maximum atomic E-state index is 11.9. The van der Waals surface area contributed by atoms with E-state index in [4.69, 9.17) is 4.74 Å². The summed E-state index contributed by atoms with van der Waals surface area (Å²) in [7, 11) is 1.28. The van der Waals surface area contributed by atoms with Crippen LogP contribution in [0, 0.1) is 0 Å². The van der Waals surface area contributed by atoms with Gasteiger partial charge in [-0.15, -0.1) is 0 Å². The van der Waals surface area contributed by atoms with Crippen LogP contribution in [0.1, 0.15) is 41.7 Å². The van der Waals surface area contributed by atoms with Crippen LogP contribution in [0.4, 0.5) is 5.69 Å². The summed E-state index contributed by atoms with van der Waals surface area (Å²) in [6.45, 7) is 1.42. The third kappa shape index (κ3) is 7.38. The van der Waals surface area contributed by atoms with Crippen LogP contribution in [0.2, 0.25) is 0 Å². The zero-order valence-electron chi connectivity index (χ0n) is 16.8. The van der Waals surface area contributed by atoms with Gasteiger partial charge >= 0.3 is 11.9 Å². The van der Waals surface area contributed by atoms with Crippen LogP contribution < -0.4 is 10.6 Å². The van der Waals surface area contributed by atoms with Crippen LogP contribution in [0.5, 0.6) is 0 Å². The quantitative estimate of drug-likeness (QED) is 0.613. The number of anilines is 1. The molecule has 0 aliphatic rings. The molecule has 0 saturated heterocycles. The largest absolute Gasteiger partial charge is 0.465 e. The van der Waals surface area contributed by atoms with Crippen molar-refractivity contribution in [2.24, 2.45) is 0 Å². The van der Waals surface area contributed by atoms with E-state index in [-0.39, 0.29) is 24.8 Å². The Labute approximate surface area is 174 Å². The summed E-state index contributed by atoms with van der Waals surface area (Å²) in [4.78, 5) is 47.0. The first-order valence-corrected chi connectivity index (χ1v) is 9.37. The molecule has 2 aromatic rings. The third-order valence-electron chi connectivity index (χ3n) is 4.19. The van der Waals surface area contributed by atoms with E-state index in [0.29, 0.717) is 11.3 Å². The maximum Gasteiger partial charge on any atom is 0.337 e. The molecule has 30 heavy (non-hydrogen) atoms. The number of methoxy groups -OCH3 is 1. The second kappa shape index (κ2) is 11.4. The number of hydrogen-bond acceptors (Lipinski definition) is 6. The molecule has 0 unspecified atom stereocenters. The molecule has 0 spiro atoms. The number of amides is 2. The number of hydrogen-bond donors (Lipinski definition) is 2. The van der Waals surface area contributed by atoms with Crippen molar-refractivity contribution in [1.29, 1.82) is 0 Å². The minimum atomic E-state index is -0.645. The predicted octanol–water partition coefficient (Wildman–Crippen LogP) is 2.61. The molecule has 0 aliphatic heterocycles. The van der Waals surface area contributed by atoms with Crippen molar-refractivity contribution < 1.29 is 28.7 Å². The molecule has 0 bridgehead atoms. The predicted molar refractivity (Wildman–Crippen MR) is 110 cm³/mol.